The van der Waals surface area contributed by atoms with Crippen LogP contribution in [-0.4, -0.2) is 19.9 Å². The Morgan fingerprint density at radius 1 is 0.431 bits per heavy atom. The molecule has 0 N–H and O–H groups in total. The van der Waals surface area contributed by atoms with E-state index in [-0.39, 0.29) is 0 Å². The molecule has 0 amide bonds. The number of hydrogen-bond donors (Lipinski definition) is 0. The summed E-state index contributed by atoms with van der Waals surface area (Å²) in [5, 5.41) is 9.27. The second-order valence-corrected chi connectivity index (χ2v) is 13.2. The number of hydrogen-bond acceptors (Lipinski definition) is 4. The molecule has 0 atom stereocenters. The molecule has 238 valence electrons. The van der Waals surface area contributed by atoms with Crippen molar-refractivity contribution in [3.05, 3.63) is 175 Å². The molecule has 0 unspecified atom stereocenters. The minimum atomic E-state index is 0.626. The zero-order valence-corrected chi connectivity index (χ0v) is 27.7. The van der Waals surface area contributed by atoms with Crippen LogP contribution >= 0.6 is 0 Å². The molecule has 4 nitrogen and oxygen atoms in total. The molecule has 0 fully saturated rings. The van der Waals surface area contributed by atoms with Crippen molar-refractivity contribution in [2.45, 2.75) is 6.42 Å². The fourth-order valence-electron chi connectivity index (χ4n) is 7.48. The largest absolute Gasteiger partial charge is 0.260 e. The van der Waals surface area contributed by atoms with E-state index in [0.717, 1.165) is 72.6 Å². The molecule has 0 bridgehead atoms. The fraction of sp³-hybridized carbons (Fsp3) is 0.0213. The maximum Gasteiger partial charge on any atom is 0.164 e. The molecule has 2 heterocycles. The van der Waals surface area contributed by atoms with Crippen molar-refractivity contribution in [2.75, 3.05) is 0 Å². The van der Waals surface area contributed by atoms with Gasteiger partial charge in [0, 0.05) is 34.9 Å². The van der Waals surface area contributed by atoms with E-state index < -0.39 is 0 Å². The zero-order chi connectivity index (χ0) is 33.9. The first-order valence-corrected chi connectivity index (χ1v) is 17.2. The van der Waals surface area contributed by atoms with Gasteiger partial charge >= 0.3 is 0 Å². The molecule has 10 rings (SSSR count). The highest BCUT2D eigenvalue weighted by Gasteiger charge is 2.18. The highest BCUT2D eigenvalue weighted by Crippen LogP contribution is 2.38. The summed E-state index contributed by atoms with van der Waals surface area (Å²) in [7, 11) is 0. The Balaban J connectivity index is 1.18. The summed E-state index contributed by atoms with van der Waals surface area (Å²) in [6, 6.07) is 49.2. The highest BCUT2D eigenvalue weighted by atomic mass is 15.0. The average Bonchev–Trinajstić information content (AvgIpc) is 3.20. The van der Waals surface area contributed by atoms with Crippen molar-refractivity contribution in [1.29, 1.82) is 0 Å². The summed E-state index contributed by atoms with van der Waals surface area (Å²) in [6.45, 7) is 4.10. The molecular weight excluding hydrogens is 621 g/mol. The summed E-state index contributed by atoms with van der Waals surface area (Å²) < 4.78 is 0. The average molecular weight is 651 g/mol. The SMILES string of the molecule is C=C1C=Cc2cc(-c3ccc(-c4nc(-c5cc6ccccc6c6ccccc56)nc(-c5cc6ccccc6c6ccccc56)n4)cc3)cnc2C1. The first-order valence-electron chi connectivity index (χ1n) is 17.2. The molecule has 0 saturated carbocycles. The maximum absolute atomic E-state index is 5.28. The number of fused-ring (bicyclic) bond motifs is 7. The molecule has 1 aliphatic rings. The van der Waals surface area contributed by atoms with E-state index in [1.807, 2.05) is 6.20 Å². The first kappa shape index (κ1) is 29.2. The normalized spacial score (nSPS) is 12.6. The van der Waals surface area contributed by atoms with Gasteiger partial charge in [-0.25, -0.2) is 15.0 Å². The van der Waals surface area contributed by atoms with Crippen LogP contribution in [-0.2, 0) is 6.42 Å². The number of pyridine rings is 1. The summed E-state index contributed by atoms with van der Waals surface area (Å²) in [5.41, 5.74) is 8.31. The number of benzene rings is 7. The molecule has 0 radical (unpaired) electrons. The van der Waals surface area contributed by atoms with Crippen LogP contribution < -0.4 is 0 Å². The number of allylic oxidation sites excluding steroid dienone is 2. The Morgan fingerprint density at radius 3 is 1.51 bits per heavy atom. The molecular formula is C47H30N4. The summed E-state index contributed by atoms with van der Waals surface area (Å²) in [5.74, 6) is 1.91. The lowest BCUT2D eigenvalue weighted by molar-refractivity contribution is 1.06. The van der Waals surface area contributed by atoms with Gasteiger partial charge in [0.25, 0.3) is 0 Å². The van der Waals surface area contributed by atoms with E-state index in [4.69, 9.17) is 19.9 Å². The minimum absolute atomic E-state index is 0.626. The van der Waals surface area contributed by atoms with Crippen molar-refractivity contribution < 1.29 is 0 Å². The van der Waals surface area contributed by atoms with Crippen LogP contribution in [0.1, 0.15) is 11.3 Å². The number of rotatable bonds is 4. The summed E-state index contributed by atoms with van der Waals surface area (Å²) >= 11 is 0. The second-order valence-electron chi connectivity index (χ2n) is 13.2. The third-order valence-corrected chi connectivity index (χ3v) is 10.0. The molecule has 0 spiro atoms. The molecule has 9 aromatic rings. The van der Waals surface area contributed by atoms with Gasteiger partial charge in [-0.05, 0) is 78.0 Å². The summed E-state index contributed by atoms with van der Waals surface area (Å²) in [4.78, 5) is 20.5. The Bertz CT molecular complexity index is 2770. The molecule has 0 saturated heterocycles. The van der Waals surface area contributed by atoms with Gasteiger partial charge in [0.1, 0.15) is 0 Å². The van der Waals surface area contributed by atoms with Gasteiger partial charge in [0.15, 0.2) is 17.5 Å². The predicted molar refractivity (Wildman–Crippen MR) is 211 cm³/mol. The van der Waals surface area contributed by atoms with Crippen molar-refractivity contribution >= 4 is 49.2 Å². The lowest BCUT2D eigenvalue weighted by Gasteiger charge is -2.14. The topological polar surface area (TPSA) is 51.6 Å². The zero-order valence-electron chi connectivity index (χ0n) is 27.7. The highest BCUT2D eigenvalue weighted by molar-refractivity contribution is 6.14. The second kappa shape index (κ2) is 11.7. The lowest BCUT2D eigenvalue weighted by atomic mass is 9.95. The third kappa shape index (κ3) is 5.00. The van der Waals surface area contributed by atoms with Gasteiger partial charge in [0.05, 0.1) is 5.69 Å². The van der Waals surface area contributed by atoms with Crippen LogP contribution in [0, 0.1) is 0 Å². The molecule has 51 heavy (non-hydrogen) atoms. The molecule has 2 aromatic heterocycles. The molecule has 1 aliphatic carbocycles. The van der Waals surface area contributed by atoms with Crippen molar-refractivity contribution in [1.82, 2.24) is 19.9 Å². The van der Waals surface area contributed by atoms with Gasteiger partial charge < -0.3 is 0 Å². The fourth-order valence-corrected chi connectivity index (χ4v) is 7.48. The Hall–Kier alpha value is -6.78. The van der Waals surface area contributed by atoms with Crippen LogP contribution in [0.15, 0.2) is 164 Å². The van der Waals surface area contributed by atoms with Crippen molar-refractivity contribution in [3.8, 4) is 45.3 Å². The van der Waals surface area contributed by atoms with E-state index in [2.05, 4.69) is 158 Å². The third-order valence-electron chi connectivity index (χ3n) is 10.0. The van der Waals surface area contributed by atoms with E-state index >= 15 is 0 Å². The quantitative estimate of drug-likeness (QED) is 0.178. The number of aromatic nitrogens is 4. The lowest BCUT2D eigenvalue weighted by Crippen LogP contribution is -2.01. The Morgan fingerprint density at radius 2 is 0.922 bits per heavy atom. The van der Waals surface area contributed by atoms with E-state index in [0.29, 0.717) is 17.5 Å². The van der Waals surface area contributed by atoms with Gasteiger partial charge in [-0.2, -0.15) is 0 Å². The standard InChI is InChI=1S/C47H30N4/c1-29-18-19-34-25-35(28-48-44(34)24-29)30-20-22-31(23-21-30)45-49-46(42-26-32-10-2-4-12-36(32)38-14-6-8-16-40(38)42)51-47(50-45)43-27-33-11-3-5-13-37(33)39-15-7-9-17-41(39)43/h2-23,25-28H,1,24H2. The maximum atomic E-state index is 5.28. The van der Waals surface area contributed by atoms with Crippen LogP contribution in [0.3, 0.4) is 0 Å². The first-order chi connectivity index (χ1) is 25.2. The Kier molecular flexibility index (Phi) is 6.68. The van der Waals surface area contributed by atoms with Gasteiger partial charge in [-0.15, -0.1) is 0 Å². The van der Waals surface area contributed by atoms with Gasteiger partial charge in [0.2, 0.25) is 0 Å². The van der Waals surface area contributed by atoms with E-state index in [9.17, 15) is 0 Å². The van der Waals surface area contributed by atoms with E-state index in [1.165, 1.54) is 21.5 Å². The number of nitrogens with zero attached hydrogens (tertiary/aromatic N) is 4. The van der Waals surface area contributed by atoms with Gasteiger partial charge in [-0.1, -0.05) is 140 Å². The molecule has 4 heteroatoms. The van der Waals surface area contributed by atoms with Crippen LogP contribution in [0.5, 0.6) is 0 Å². The van der Waals surface area contributed by atoms with E-state index in [1.54, 1.807) is 0 Å². The van der Waals surface area contributed by atoms with Crippen molar-refractivity contribution in [3.63, 3.8) is 0 Å². The van der Waals surface area contributed by atoms with Crippen LogP contribution in [0.4, 0.5) is 0 Å². The van der Waals surface area contributed by atoms with Crippen LogP contribution in [0.25, 0.3) is 94.5 Å². The predicted octanol–water partition coefficient (Wildman–Crippen LogP) is 11.7. The monoisotopic (exact) mass is 650 g/mol. The smallest absolute Gasteiger partial charge is 0.164 e. The minimum Gasteiger partial charge on any atom is -0.260 e. The summed E-state index contributed by atoms with van der Waals surface area (Å²) in [6.07, 6.45) is 6.92. The van der Waals surface area contributed by atoms with Crippen molar-refractivity contribution in [2.24, 2.45) is 0 Å². The Labute approximate surface area is 295 Å². The van der Waals surface area contributed by atoms with Crippen LogP contribution in [0.2, 0.25) is 0 Å². The molecule has 7 aromatic carbocycles. The van der Waals surface area contributed by atoms with Gasteiger partial charge in [-0.3, -0.25) is 4.98 Å². The molecule has 0 aliphatic heterocycles.